The number of rotatable bonds is 8. The van der Waals surface area contributed by atoms with E-state index in [1.807, 2.05) is 44.2 Å². The fourth-order valence-corrected chi connectivity index (χ4v) is 5.10. The number of anilines is 1. The Balaban J connectivity index is 1.42. The molecule has 0 saturated carbocycles. The van der Waals surface area contributed by atoms with Gasteiger partial charge in [0.05, 0.1) is 23.1 Å². The maximum absolute atomic E-state index is 13.0. The lowest BCUT2D eigenvalue weighted by atomic mass is 10.1. The van der Waals surface area contributed by atoms with Crippen molar-refractivity contribution in [2.75, 3.05) is 50.8 Å². The van der Waals surface area contributed by atoms with Crippen LogP contribution < -0.4 is 14.4 Å². The van der Waals surface area contributed by atoms with Gasteiger partial charge in [-0.1, -0.05) is 29.8 Å². The second-order valence-corrected chi connectivity index (χ2v) is 9.56. The molecular weight excluding hydrogens is 502 g/mol. The molecule has 0 atom stereocenters. The minimum atomic E-state index is -0.510. The average Bonchev–Trinajstić information content (AvgIpc) is 3.14. The molecule has 10 heteroatoms. The molecule has 2 heterocycles. The summed E-state index contributed by atoms with van der Waals surface area (Å²) in [5.41, 5.74) is 1.64. The van der Waals surface area contributed by atoms with Crippen molar-refractivity contribution in [2.24, 2.45) is 0 Å². The summed E-state index contributed by atoms with van der Waals surface area (Å²) in [6, 6.07) is 13.3. The molecule has 3 amide bonds. The summed E-state index contributed by atoms with van der Waals surface area (Å²) in [7, 11) is 0. The third-order valence-electron chi connectivity index (χ3n) is 5.87. The molecule has 8 nitrogen and oxygen atoms in total. The highest BCUT2D eigenvalue weighted by atomic mass is 35.5. The molecule has 0 bridgehead atoms. The second-order valence-electron chi connectivity index (χ2n) is 8.16. The Hall–Kier alpha value is -3.17. The van der Waals surface area contributed by atoms with E-state index in [0.29, 0.717) is 61.5 Å². The molecule has 0 aromatic heterocycles. The van der Waals surface area contributed by atoms with Crippen LogP contribution in [0.4, 0.5) is 10.5 Å². The van der Waals surface area contributed by atoms with E-state index in [-0.39, 0.29) is 17.4 Å². The predicted octanol–water partition coefficient (Wildman–Crippen LogP) is 4.52. The van der Waals surface area contributed by atoms with Crippen molar-refractivity contribution in [3.05, 3.63) is 58.0 Å². The van der Waals surface area contributed by atoms with Crippen LogP contribution in [0.1, 0.15) is 19.4 Å². The van der Waals surface area contributed by atoms with Crippen LogP contribution in [0.2, 0.25) is 5.02 Å². The number of piperazine rings is 1. The van der Waals surface area contributed by atoms with Gasteiger partial charge < -0.3 is 19.3 Å². The Morgan fingerprint density at radius 1 is 1.00 bits per heavy atom. The van der Waals surface area contributed by atoms with Crippen molar-refractivity contribution < 1.29 is 23.9 Å². The molecule has 2 aromatic rings. The Morgan fingerprint density at radius 2 is 1.64 bits per heavy atom. The molecular formula is C26H28ClN3O5S. The first-order chi connectivity index (χ1) is 17.4. The summed E-state index contributed by atoms with van der Waals surface area (Å²) in [5.74, 6) is 0.250. The lowest BCUT2D eigenvalue weighted by molar-refractivity contribution is -0.136. The summed E-state index contributed by atoms with van der Waals surface area (Å²) in [6.07, 6.45) is 1.55. The van der Waals surface area contributed by atoms with Crippen molar-refractivity contribution in [1.82, 2.24) is 9.80 Å². The Bertz CT molecular complexity index is 1170. The van der Waals surface area contributed by atoms with Crippen LogP contribution in [0.5, 0.6) is 11.5 Å². The number of nitrogens with zero attached hydrogens (tertiary/aromatic N) is 3. The van der Waals surface area contributed by atoms with Crippen molar-refractivity contribution >= 4 is 52.2 Å². The van der Waals surface area contributed by atoms with Crippen molar-refractivity contribution in [3.63, 3.8) is 0 Å². The molecule has 4 rings (SSSR count). The number of halogens is 1. The molecule has 0 radical (unpaired) electrons. The largest absolute Gasteiger partial charge is 0.490 e. The van der Waals surface area contributed by atoms with Crippen molar-refractivity contribution in [1.29, 1.82) is 0 Å². The predicted molar refractivity (Wildman–Crippen MR) is 142 cm³/mol. The minimum absolute atomic E-state index is 0.204. The molecule has 2 aliphatic heterocycles. The summed E-state index contributed by atoms with van der Waals surface area (Å²) in [4.78, 5) is 43.6. The number of amides is 3. The number of carbonyl (C=O) groups is 3. The van der Waals surface area contributed by atoms with Crippen LogP contribution in [0.15, 0.2) is 47.4 Å². The molecule has 0 unspecified atom stereocenters. The van der Waals surface area contributed by atoms with Crippen LogP contribution in [-0.4, -0.2) is 72.8 Å². The Labute approximate surface area is 219 Å². The number of ether oxygens (including phenoxy) is 2. The fourth-order valence-electron chi connectivity index (χ4n) is 4.06. The van der Waals surface area contributed by atoms with Gasteiger partial charge >= 0.3 is 0 Å². The van der Waals surface area contributed by atoms with E-state index >= 15 is 0 Å². The third-order valence-corrected chi connectivity index (χ3v) is 7.10. The van der Waals surface area contributed by atoms with E-state index in [0.717, 1.165) is 22.3 Å². The number of carbonyl (C=O) groups excluding carboxylic acids is 3. The van der Waals surface area contributed by atoms with Gasteiger partial charge in [0.1, 0.15) is 6.54 Å². The quantitative estimate of drug-likeness (QED) is 0.465. The normalized spacial score (nSPS) is 17.2. The zero-order valence-corrected chi connectivity index (χ0v) is 21.8. The first-order valence-electron chi connectivity index (χ1n) is 11.8. The molecule has 0 N–H and O–H groups in total. The van der Waals surface area contributed by atoms with Gasteiger partial charge in [-0.15, -0.1) is 0 Å². The highest BCUT2D eigenvalue weighted by molar-refractivity contribution is 8.18. The van der Waals surface area contributed by atoms with E-state index < -0.39 is 11.1 Å². The summed E-state index contributed by atoms with van der Waals surface area (Å²) in [5, 5.41) is -0.115. The van der Waals surface area contributed by atoms with Gasteiger partial charge in [0.2, 0.25) is 5.91 Å². The number of benzene rings is 2. The third kappa shape index (κ3) is 5.79. The molecule has 2 aromatic carbocycles. The van der Waals surface area contributed by atoms with Crippen molar-refractivity contribution in [3.8, 4) is 11.5 Å². The van der Waals surface area contributed by atoms with Crippen LogP contribution in [0.25, 0.3) is 6.08 Å². The Kier molecular flexibility index (Phi) is 8.43. The van der Waals surface area contributed by atoms with Gasteiger partial charge in [0, 0.05) is 37.9 Å². The first-order valence-corrected chi connectivity index (χ1v) is 13.0. The topological polar surface area (TPSA) is 79.4 Å². The summed E-state index contributed by atoms with van der Waals surface area (Å²) in [6.45, 7) is 6.75. The zero-order valence-electron chi connectivity index (χ0n) is 20.2. The minimum Gasteiger partial charge on any atom is -0.490 e. The lowest BCUT2D eigenvalue weighted by Crippen LogP contribution is -2.51. The SMILES string of the molecule is CCOc1cc(Cl)c(/C=C2/SC(=O)N(CC(=O)N3CCN(c4ccccc4)CC3)C2=O)cc1OCC. The van der Waals surface area contributed by atoms with Crippen molar-refractivity contribution in [2.45, 2.75) is 13.8 Å². The number of hydrogen-bond donors (Lipinski definition) is 0. The first kappa shape index (κ1) is 25.9. The van der Waals surface area contributed by atoms with Crippen LogP contribution in [0, 0.1) is 0 Å². The van der Waals surface area contributed by atoms with Gasteiger partial charge in [0.15, 0.2) is 11.5 Å². The van der Waals surface area contributed by atoms with E-state index in [4.69, 9.17) is 21.1 Å². The summed E-state index contributed by atoms with van der Waals surface area (Å²) < 4.78 is 11.2. The Morgan fingerprint density at radius 3 is 2.28 bits per heavy atom. The van der Waals surface area contributed by atoms with Crippen LogP contribution in [0.3, 0.4) is 0 Å². The molecule has 190 valence electrons. The van der Waals surface area contributed by atoms with E-state index in [1.54, 1.807) is 23.1 Å². The van der Waals surface area contributed by atoms with Gasteiger partial charge in [-0.25, -0.2) is 0 Å². The molecule has 2 fully saturated rings. The van der Waals surface area contributed by atoms with Crippen LogP contribution >= 0.6 is 23.4 Å². The van der Waals surface area contributed by atoms with Gasteiger partial charge in [-0.05, 0) is 55.4 Å². The van der Waals surface area contributed by atoms with Gasteiger partial charge in [0.25, 0.3) is 11.1 Å². The monoisotopic (exact) mass is 529 g/mol. The van der Waals surface area contributed by atoms with E-state index in [2.05, 4.69) is 4.90 Å². The smallest absolute Gasteiger partial charge is 0.294 e. The second kappa shape index (κ2) is 11.7. The maximum atomic E-state index is 13.0. The fraction of sp³-hybridized carbons (Fsp3) is 0.346. The summed E-state index contributed by atoms with van der Waals surface area (Å²) >= 11 is 7.21. The highest BCUT2D eigenvalue weighted by Crippen LogP contribution is 2.38. The standard InChI is InChI=1S/C26H28ClN3O5S/c1-3-34-21-14-18(20(27)16-22(21)35-4-2)15-23-25(32)30(26(33)36-23)17-24(31)29-12-10-28(11-13-29)19-8-6-5-7-9-19/h5-9,14-16H,3-4,10-13,17H2,1-2H3/b23-15+. The molecule has 2 aliphatic rings. The van der Waals surface area contributed by atoms with Gasteiger partial charge in [-0.2, -0.15) is 0 Å². The van der Waals surface area contributed by atoms with E-state index in [1.165, 1.54) is 0 Å². The van der Waals surface area contributed by atoms with Gasteiger partial charge in [-0.3, -0.25) is 19.3 Å². The molecule has 0 aliphatic carbocycles. The molecule has 36 heavy (non-hydrogen) atoms. The van der Waals surface area contributed by atoms with Crippen LogP contribution in [-0.2, 0) is 9.59 Å². The van der Waals surface area contributed by atoms with E-state index in [9.17, 15) is 14.4 Å². The number of hydrogen-bond acceptors (Lipinski definition) is 7. The number of imide groups is 1. The molecule has 0 spiro atoms. The zero-order chi connectivity index (χ0) is 25.7. The number of thioether (sulfide) groups is 1. The maximum Gasteiger partial charge on any atom is 0.294 e. The highest BCUT2D eigenvalue weighted by Gasteiger charge is 2.37. The number of para-hydroxylation sites is 1. The molecule has 2 saturated heterocycles. The lowest BCUT2D eigenvalue weighted by Gasteiger charge is -2.36. The average molecular weight is 530 g/mol.